The number of hydrogen-bond donors (Lipinski definition) is 1. The molecule has 0 aliphatic heterocycles. The van der Waals surface area contributed by atoms with Gasteiger partial charge in [0.05, 0.1) is 13.2 Å². The maximum atomic E-state index is 9.95. The number of nitrogens with zero attached hydrogens (tertiary/aromatic N) is 1. The summed E-state index contributed by atoms with van der Waals surface area (Å²) in [5.74, 6) is 0.923. The van der Waals surface area contributed by atoms with Crippen molar-refractivity contribution < 1.29 is 9.84 Å². The Bertz CT molecular complexity index is 606. The first-order valence-corrected chi connectivity index (χ1v) is 6.58. The van der Waals surface area contributed by atoms with Crippen LogP contribution in [0.15, 0.2) is 53.5 Å². The van der Waals surface area contributed by atoms with Crippen molar-refractivity contribution in [3.05, 3.63) is 59.7 Å². The maximum Gasteiger partial charge on any atom is 0.124 e. The molecule has 3 heteroatoms. The van der Waals surface area contributed by atoms with Crippen LogP contribution in [-0.2, 0) is 0 Å². The predicted molar refractivity (Wildman–Crippen MR) is 81.7 cm³/mol. The predicted octanol–water partition coefficient (Wildman–Crippen LogP) is 3.97. The Balaban J connectivity index is 2.31. The van der Waals surface area contributed by atoms with Gasteiger partial charge < -0.3 is 9.84 Å². The Kier molecular flexibility index (Phi) is 4.41. The molecule has 0 fully saturated rings. The fraction of sp³-hybridized carbons (Fsp3) is 0.235. The lowest BCUT2D eigenvalue weighted by Gasteiger charge is -2.11. The Labute approximate surface area is 119 Å². The largest absolute Gasteiger partial charge is 0.507 e. The number of aliphatic imine (C=N–C) groups is 1. The number of aromatic hydroxyl groups is 1. The Morgan fingerprint density at radius 2 is 1.85 bits per heavy atom. The molecule has 0 unspecified atom stereocenters. The second-order valence-electron chi connectivity index (χ2n) is 4.68. The van der Waals surface area contributed by atoms with Crippen molar-refractivity contribution in [1.29, 1.82) is 0 Å². The number of hydrogen-bond acceptors (Lipinski definition) is 3. The van der Waals surface area contributed by atoms with Crippen LogP contribution in [0.4, 0.5) is 0 Å². The molecule has 1 N–H and O–H groups in total. The summed E-state index contributed by atoms with van der Waals surface area (Å²) in [5, 5.41) is 9.95. The smallest absolute Gasteiger partial charge is 0.124 e. The molecule has 0 heterocycles. The first kappa shape index (κ1) is 14.1. The summed E-state index contributed by atoms with van der Waals surface area (Å²) >= 11 is 0. The van der Waals surface area contributed by atoms with E-state index in [-0.39, 0.29) is 11.8 Å². The van der Waals surface area contributed by atoms with Crippen molar-refractivity contribution in [2.75, 3.05) is 7.11 Å². The van der Waals surface area contributed by atoms with Crippen molar-refractivity contribution in [2.45, 2.75) is 19.9 Å². The number of ether oxygens (including phenoxy) is 1. The molecule has 2 aromatic carbocycles. The zero-order valence-corrected chi connectivity index (χ0v) is 12.0. The summed E-state index contributed by atoms with van der Waals surface area (Å²) in [6.07, 6.45) is 0. The van der Waals surface area contributed by atoms with Crippen LogP contribution in [0.3, 0.4) is 0 Å². The summed E-state index contributed by atoms with van der Waals surface area (Å²) in [7, 11) is 1.61. The molecule has 104 valence electrons. The third-order valence-corrected chi connectivity index (χ3v) is 3.26. The molecule has 3 nitrogen and oxygen atoms in total. The summed E-state index contributed by atoms with van der Waals surface area (Å²) in [5.41, 5.74) is 2.64. The monoisotopic (exact) mass is 269 g/mol. The van der Waals surface area contributed by atoms with Crippen molar-refractivity contribution in [1.82, 2.24) is 0 Å². The molecule has 0 aliphatic carbocycles. The molecule has 0 aliphatic rings. The molecule has 0 amide bonds. The second-order valence-corrected chi connectivity index (χ2v) is 4.68. The highest BCUT2D eigenvalue weighted by Gasteiger charge is 2.09. The van der Waals surface area contributed by atoms with E-state index in [0.29, 0.717) is 11.3 Å². The SMILES string of the molecule is COc1ccc(O)c(C(C)=N[C@H](C)c2ccccc2)c1. The van der Waals surface area contributed by atoms with Crippen molar-refractivity contribution in [3.8, 4) is 11.5 Å². The highest BCUT2D eigenvalue weighted by molar-refractivity contribution is 6.01. The fourth-order valence-electron chi connectivity index (χ4n) is 2.10. The lowest BCUT2D eigenvalue weighted by atomic mass is 10.1. The van der Waals surface area contributed by atoms with Gasteiger partial charge in [-0.15, -0.1) is 0 Å². The van der Waals surface area contributed by atoms with E-state index >= 15 is 0 Å². The van der Waals surface area contributed by atoms with E-state index in [0.717, 1.165) is 11.3 Å². The van der Waals surface area contributed by atoms with E-state index in [4.69, 9.17) is 4.74 Å². The zero-order valence-electron chi connectivity index (χ0n) is 12.0. The molecule has 0 bridgehead atoms. The third kappa shape index (κ3) is 3.18. The fourth-order valence-corrected chi connectivity index (χ4v) is 2.10. The molecule has 2 aromatic rings. The zero-order chi connectivity index (χ0) is 14.5. The number of methoxy groups -OCH3 is 1. The van der Waals surface area contributed by atoms with E-state index in [2.05, 4.69) is 4.99 Å². The molecule has 0 saturated carbocycles. The number of phenolic OH excluding ortho intramolecular Hbond substituents is 1. The molecule has 0 radical (unpaired) electrons. The molecular weight excluding hydrogens is 250 g/mol. The molecule has 1 atom stereocenters. The van der Waals surface area contributed by atoms with Gasteiger partial charge in [0.1, 0.15) is 11.5 Å². The van der Waals surface area contributed by atoms with Crippen LogP contribution >= 0.6 is 0 Å². The van der Waals surface area contributed by atoms with Crippen LogP contribution in [-0.4, -0.2) is 17.9 Å². The summed E-state index contributed by atoms with van der Waals surface area (Å²) < 4.78 is 5.18. The van der Waals surface area contributed by atoms with Crippen LogP contribution in [0.1, 0.15) is 31.0 Å². The normalized spacial score (nSPS) is 13.1. The Morgan fingerprint density at radius 1 is 1.15 bits per heavy atom. The third-order valence-electron chi connectivity index (χ3n) is 3.26. The lowest BCUT2D eigenvalue weighted by molar-refractivity contribution is 0.412. The van der Waals surface area contributed by atoms with E-state index in [1.807, 2.05) is 44.2 Å². The average Bonchev–Trinajstić information content (AvgIpc) is 2.48. The minimum absolute atomic E-state index is 0.0433. The average molecular weight is 269 g/mol. The highest BCUT2D eigenvalue weighted by Crippen LogP contribution is 2.25. The first-order chi connectivity index (χ1) is 9.61. The van der Waals surface area contributed by atoms with Gasteiger partial charge in [-0.1, -0.05) is 30.3 Å². The molecule has 2 rings (SSSR count). The van der Waals surface area contributed by atoms with Gasteiger partial charge in [0.25, 0.3) is 0 Å². The molecule has 0 saturated heterocycles. The first-order valence-electron chi connectivity index (χ1n) is 6.58. The topological polar surface area (TPSA) is 41.8 Å². The molecule has 0 spiro atoms. The maximum absolute atomic E-state index is 9.95. The van der Waals surface area contributed by atoms with Gasteiger partial charge in [0.2, 0.25) is 0 Å². The van der Waals surface area contributed by atoms with Gasteiger partial charge in [0.15, 0.2) is 0 Å². The van der Waals surface area contributed by atoms with Crippen LogP contribution in [0.5, 0.6) is 11.5 Å². The van der Waals surface area contributed by atoms with Gasteiger partial charge in [-0.3, -0.25) is 4.99 Å². The van der Waals surface area contributed by atoms with Crippen molar-refractivity contribution in [3.63, 3.8) is 0 Å². The van der Waals surface area contributed by atoms with Gasteiger partial charge in [-0.25, -0.2) is 0 Å². The van der Waals surface area contributed by atoms with E-state index in [1.165, 1.54) is 0 Å². The van der Waals surface area contributed by atoms with Crippen LogP contribution < -0.4 is 4.74 Å². The number of phenols is 1. The highest BCUT2D eigenvalue weighted by atomic mass is 16.5. The van der Waals surface area contributed by atoms with Crippen LogP contribution in [0.2, 0.25) is 0 Å². The minimum Gasteiger partial charge on any atom is -0.507 e. The summed E-state index contributed by atoms with van der Waals surface area (Å²) in [6.45, 7) is 3.93. The van der Waals surface area contributed by atoms with Gasteiger partial charge in [-0.2, -0.15) is 0 Å². The number of benzene rings is 2. The second kappa shape index (κ2) is 6.24. The van der Waals surface area contributed by atoms with E-state index in [1.54, 1.807) is 25.3 Å². The quantitative estimate of drug-likeness (QED) is 0.853. The Morgan fingerprint density at radius 3 is 2.50 bits per heavy atom. The van der Waals surface area contributed by atoms with Gasteiger partial charge in [-0.05, 0) is 37.6 Å². The summed E-state index contributed by atoms with van der Waals surface area (Å²) in [6, 6.07) is 15.3. The molecular formula is C17H19NO2. The van der Waals surface area contributed by atoms with Gasteiger partial charge >= 0.3 is 0 Å². The molecule has 0 aromatic heterocycles. The lowest BCUT2D eigenvalue weighted by Crippen LogP contribution is -2.00. The van der Waals surface area contributed by atoms with Crippen molar-refractivity contribution in [2.24, 2.45) is 4.99 Å². The molecule has 20 heavy (non-hydrogen) atoms. The van der Waals surface area contributed by atoms with Crippen LogP contribution in [0.25, 0.3) is 0 Å². The summed E-state index contributed by atoms with van der Waals surface area (Å²) in [4.78, 5) is 4.65. The van der Waals surface area contributed by atoms with Gasteiger partial charge in [0, 0.05) is 11.3 Å². The van der Waals surface area contributed by atoms with Crippen molar-refractivity contribution >= 4 is 5.71 Å². The van der Waals surface area contributed by atoms with Crippen LogP contribution in [0, 0.1) is 0 Å². The van der Waals surface area contributed by atoms with E-state index < -0.39 is 0 Å². The standard InChI is InChI=1S/C17H19NO2/c1-12(14-7-5-4-6-8-14)18-13(2)16-11-15(20-3)9-10-17(16)19/h4-12,19H,1-3H3/t12-/m1/s1. The van der Waals surface area contributed by atoms with E-state index in [9.17, 15) is 5.11 Å². The minimum atomic E-state index is 0.0433. The Hall–Kier alpha value is -2.29. The number of rotatable bonds is 4.